The van der Waals surface area contributed by atoms with Crippen molar-refractivity contribution < 1.29 is 0 Å². The second kappa shape index (κ2) is 8.80. The average molecular weight is 348 g/mol. The summed E-state index contributed by atoms with van der Waals surface area (Å²) in [6.07, 6.45) is 3.28. The SMILES string of the molecule is CN=C(NCc1cccc(Cn2cncn2)c1)N(C)Cc1ccccc1. The van der Waals surface area contributed by atoms with E-state index >= 15 is 0 Å². The number of benzene rings is 2. The van der Waals surface area contributed by atoms with Gasteiger partial charge in [0.2, 0.25) is 0 Å². The molecule has 0 bridgehead atoms. The molecule has 26 heavy (non-hydrogen) atoms. The van der Waals surface area contributed by atoms with Crippen LogP contribution in [0.25, 0.3) is 0 Å². The highest BCUT2D eigenvalue weighted by Gasteiger charge is 2.07. The number of nitrogens with one attached hydrogen (secondary N) is 1. The van der Waals surface area contributed by atoms with Crippen LogP contribution in [0.1, 0.15) is 16.7 Å². The molecule has 1 heterocycles. The zero-order chi connectivity index (χ0) is 18.2. The molecule has 2 aromatic carbocycles. The highest BCUT2D eigenvalue weighted by Crippen LogP contribution is 2.08. The van der Waals surface area contributed by atoms with E-state index in [0.29, 0.717) is 0 Å². The number of guanidine groups is 1. The van der Waals surface area contributed by atoms with Crippen molar-refractivity contribution in [3.63, 3.8) is 0 Å². The van der Waals surface area contributed by atoms with Gasteiger partial charge in [-0.2, -0.15) is 5.10 Å². The highest BCUT2D eigenvalue weighted by molar-refractivity contribution is 5.79. The zero-order valence-electron chi connectivity index (χ0n) is 15.2. The van der Waals surface area contributed by atoms with E-state index in [0.717, 1.165) is 25.6 Å². The summed E-state index contributed by atoms with van der Waals surface area (Å²) in [6, 6.07) is 18.8. The topological polar surface area (TPSA) is 58.3 Å². The van der Waals surface area contributed by atoms with E-state index in [1.54, 1.807) is 12.7 Å². The minimum absolute atomic E-state index is 0.719. The Bertz CT molecular complexity index is 827. The first kappa shape index (κ1) is 17.7. The molecular weight excluding hydrogens is 324 g/mol. The second-order valence-electron chi connectivity index (χ2n) is 6.16. The minimum atomic E-state index is 0.719. The van der Waals surface area contributed by atoms with Crippen molar-refractivity contribution >= 4 is 5.96 Å². The Morgan fingerprint density at radius 3 is 2.58 bits per heavy atom. The van der Waals surface area contributed by atoms with Crippen LogP contribution >= 0.6 is 0 Å². The summed E-state index contributed by atoms with van der Waals surface area (Å²) in [5.41, 5.74) is 3.66. The van der Waals surface area contributed by atoms with Crippen LogP contribution in [-0.2, 0) is 19.6 Å². The third kappa shape index (κ3) is 4.92. The van der Waals surface area contributed by atoms with Crippen LogP contribution < -0.4 is 5.32 Å². The standard InChI is InChI=1S/C20H24N6/c1-21-20(25(2)13-17-7-4-3-5-8-17)23-12-18-9-6-10-19(11-18)14-26-16-22-15-24-26/h3-11,15-16H,12-14H2,1-2H3,(H,21,23). The number of nitrogens with zero attached hydrogens (tertiary/aromatic N) is 5. The van der Waals surface area contributed by atoms with Gasteiger partial charge in [0.25, 0.3) is 0 Å². The van der Waals surface area contributed by atoms with Crippen LogP contribution in [0.15, 0.2) is 72.2 Å². The Hall–Kier alpha value is -3.15. The van der Waals surface area contributed by atoms with Gasteiger partial charge in [0.15, 0.2) is 5.96 Å². The maximum absolute atomic E-state index is 4.39. The van der Waals surface area contributed by atoms with E-state index in [2.05, 4.69) is 73.8 Å². The molecule has 3 rings (SSSR count). The van der Waals surface area contributed by atoms with Crippen LogP contribution in [0.5, 0.6) is 0 Å². The monoisotopic (exact) mass is 348 g/mol. The van der Waals surface area contributed by atoms with Crippen molar-refractivity contribution in [1.29, 1.82) is 0 Å². The Labute approximate surface area is 154 Å². The van der Waals surface area contributed by atoms with Crippen LogP contribution in [0.4, 0.5) is 0 Å². The maximum atomic E-state index is 4.39. The van der Waals surface area contributed by atoms with E-state index in [-0.39, 0.29) is 0 Å². The van der Waals surface area contributed by atoms with Gasteiger partial charge in [-0.15, -0.1) is 0 Å². The molecule has 1 aromatic heterocycles. The quantitative estimate of drug-likeness (QED) is 0.549. The maximum Gasteiger partial charge on any atom is 0.193 e. The highest BCUT2D eigenvalue weighted by atomic mass is 15.3. The Kier molecular flexibility index (Phi) is 5.98. The Balaban J connectivity index is 1.58. The molecular formula is C20H24N6. The van der Waals surface area contributed by atoms with Crippen molar-refractivity contribution in [1.82, 2.24) is 25.0 Å². The Morgan fingerprint density at radius 2 is 1.85 bits per heavy atom. The molecule has 0 spiro atoms. The fourth-order valence-electron chi connectivity index (χ4n) is 2.84. The molecule has 0 saturated carbocycles. The molecule has 0 aliphatic carbocycles. The number of rotatable bonds is 6. The number of hydrogen-bond donors (Lipinski definition) is 1. The van der Waals surface area contributed by atoms with Gasteiger partial charge in [0, 0.05) is 27.2 Å². The van der Waals surface area contributed by atoms with Gasteiger partial charge in [0.1, 0.15) is 12.7 Å². The van der Waals surface area contributed by atoms with Gasteiger partial charge in [0.05, 0.1) is 6.54 Å². The van der Waals surface area contributed by atoms with Gasteiger partial charge in [-0.25, -0.2) is 9.67 Å². The van der Waals surface area contributed by atoms with Crippen molar-refractivity contribution in [2.75, 3.05) is 14.1 Å². The number of aliphatic imine (C=N–C) groups is 1. The zero-order valence-corrected chi connectivity index (χ0v) is 15.2. The van der Waals surface area contributed by atoms with E-state index in [4.69, 9.17) is 0 Å². The molecule has 134 valence electrons. The summed E-state index contributed by atoms with van der Waals surface area (Å²) in [5.74, 6) is 0.871. The lowest BCUT2D eigenvalue weighted by atomic mass is 10.1. The Morgan fingerprint density at radius 1 is 1.08 bits per heavy atom. The van der Waals surface area contributed by atoms with Crippen LogP contribution in [0.2, 0.25) is 0 Å². The molecule has 6 heteroatoms. The van der Waals surface area contributed by atoms with Crippen molar-refractivity contribution in [3.8, 4) is 0 Å². The van der Waals surface area contributed by atoms with E-state index in [1.165, 1.54) is 16.7 Å². The van der Waals surface area contributed by atoms with E-state index in [9.17, 15) is 0 Å². The normalized spacial score (nSPS) is 11.4. The van der Waals surface area contributed by atoms with Gasteiger partial charge >= 0.3 is 0 Å². The summed E-state index contributed by atoms with van der Waals surface area (Å²) >= 11 is 0. The van der Waals surface area contributed by atoms with Crippen LogP contribution in [0, 0.1) is 0 Å². The van der Waals surface area contributed by atoms with Crippen molar-refractivity contribution in [2.45, 2.75) is 19.6 Å². The van der Waals surface area contributed by atoms with E-state index in [1.807, 2.05) is 24.8 Å². The first-order valence-corrected chi connectivity index (χ1v) is 8.60. The molecule has 0 radical (unpaired) electrons. The minimum Gasteiger partial charge on any atom is -0.352 e. The first-order chi connectivity index (χ1) is 12.7. The predicted octanol–water partition coefficient (Wildman–Crippen LogP) is 2.53. The average Bonchev–Trinajstić information content (AvgIpc) is 3.16. The summed E-state index contributed by atoms with van der Waals surface area (Å²) in [7, 11) is 3.86. The van der Waals surface area contributed by atoms with Gasteiger partial charge < -0.3 is 10.2 Å². The summed E-state index contributed by atoms with van der Waals surface area (Å²) in [5, 5.41) is 7.59. The lowest BCUT2D eigenvalue weighted by Gasteiger charge is -2.22. The molecule has 6 nitrogen and oxygen atoms in total. The van der Waals surface area contributed by atoms with Gasteiger partial charge in [-0.05, 0) is 16.7 Å². The third-order valence-electron chi connectivity index (χ3n) is 4.09. The third-order valence-corrected chi connectivity index (χ3v) is 4.09. The summed E-state index contributed by atoms with van der Waals surface area (Å²) in [4.78, 5) is 10.5. The van der Waals surface area contributed by atoms with Gasteiger partial charge in [-0.3, -0.25) is 4.99 Å². The molecule has 0 aliphatic heterocycles. The molecule has 0 saturated heterocycles. The first-order valence-electron chi connectivity index (χ1n) is 8.60. The van der Waals surface area contributed by atoms with E-state index < -0.39 is 0 Å². The number of aromatic nitrogens is 3. The molecule has 3 aromatic rings. The van der Waals surface area contributed by atoms with Gasteiger partial charge in [-0.1, -0.05) is 54.6 Å². The summed E-state index contributed by atoms with van der Waals surface area (Å²) < 4.78 is 1.82. The smallest absolute Gasteiger partial charge is 0.193 e. The van der Waals surface area contributed by atoms with Crippen molar-refractivity contribution in [3.05, 3.63) is 83.9 Å². The fraction of sp³-hybridized carbons (Fsp3) is 0.250. The molecule has 0 atom stereocenters. The second-order valence-corrected chi connectivity index (χ2v) is 6.16. The lowest BCUT2D eigenvalue weighted by Crippen LogP contribution is -2.38. The van der Waals surface area contributed by atoms with Crippen LogP contribution in [-0.4, -0.2) is 39.7 Å². The summed E-state index contributed by atoms with van der Waals surface area (Å²) in [6.45, 7) is 2.25. The molecule has 0 unspecified atom stereocenters. The van der Waals surface area contributed by atoms with Crippen molar-refractivity contribution in [2.24, 2.45) is 4.99 Å². The largest absolute Gasteiger partial charge is 0.352 e. The van der Waals surface area contributed by atoms with Crippen LogP contribution in [0.3, 0.4) is 0 Å². The predicted molar refractivity (Wildman–Crippen MR) is 104 cm³/mol. The number of hydrogen-bond acceptors (Lipinski definition) is 3. The molecule has 0 amide bonds. The lowest BCUT2D eigenvalue weighted by molar-refractivity contribution is 0.476. The molecule has 0 aliphatic rings. The molecule has 1 N–H and O–H groups in total. The fourth-order valence-corrected chi connectivity index (χ4v) is 2.84. The molecule has 0 fully saturated rings.